The summed E-state index contributed by atoms with van der Waals surface area (Å²) in [5.41, 5.74) is 3.93. The maximum atomic E-state index is 13.9. The molecule has 24 heavy (non-hydrogen) atoms. The summed E-state index contributed by atoms with van der Waals surface area (Å²) in [6.45, 7) is 6.04. The smallest absolute Gasteiger partial charge is 0.177 e. The topological polar surface area (TPSA) is 64.3 Å². The minimum absolute atomic E-state index is 0.190. The molecule has 0 bridgehead atoms. The Hall–Kier alpha value is -2.96. The van der Waals surface area contributed by atoms with Gasteiger partial charge in [-0.15, -0.1) is 0 Å². The Morgan fingerprint density at radius 2 is 2.08 bits per heavy atom. The number of rotatable bonds is 3. The Labute approximate surface area is 137 Å². The van der Waals surface area contributed by atoms with E-state index in [9.17, 15) is 4.39 Å². The van der Waals surface area contributed by atoms with E-state index in [1.807, 2.05) is 23.9 Å². The molecule has 4 aromatic rings. The lowest BCUT2D eigenvalue weighted by Crippen LogP contribution is -2.03. The zero-order chi connectivity index (χ0) is 16.8. The summed E-state index contributed by atoms with van der Waals surface area (Å²) in [6.07, 6.45) is 3.51. The number of fused-ring (bicyclic) bond motifs is 1. The third-order valence-corrected chi connectivity index (χ3v) is 3.98. The van der Waals surface area contributed by atoms with E-state index in [4.69, 9.17) is 0 Å². The maximum absolute atomic E-state index is 13.9. The van der Waals surface area contributed by atoms with Crippen LogP contribution in [0.5, 0.6) is 0 Å². The fraction of sp³-hybridized carbons (Fsp3) is 0.235. The second kappa shape index (κ2) is 5.30. The van der Waals surface area contributed by atoms with E-state index < -0.39 is 0 Å². The summed E-state index contributed by atoms with van der Waals surface area (Å²) in [5, 5.41) is 8.75. The second-order valence-electron chi connectivity index (χ2n) is 6.02. The van der Waals surface area contributed by atoms with Crippen LogP contribution in [0.3, 0.4) is 0 Å². The number of imidazole rings is 1. The van der Waals surface area contributed by atoms with Gasteiger partial charge in [-0.2, -0.15) is 10.2 Å². The summed E-state index contributed by atoms with van der Waals surface area (Å²) in [4.78, 5) is 7.96. The van der Waals surface area contributed by atoms with Gasteiger partial charge in [0.05, 0.1) is 11.4 Å². The molecule has 0 aliphatic carbocycles. The van der Waals surface area contributed by atoms with Crippen molar-refractivity contribution in [1.29, 1.82) is 0 Å². The Bertz CT molecular complexity index is 1010. The molecule has 0 saturated carbocycles. The Kier molecular flexibility index (Phi) is 3.23. The maximum Gasteiger partial charge on any atom is 0.177 e. The van der Waals surface area contributed by atoms with Crippen LogP contribution >= 0.6 is 0 Å². The quantitative estimate of drug-likeness (QED) is 0.626. The van der Waals surface area contributed by atoms with Gasteiger partial charge >= 0.3 is 0 Å². The first kappa shape index (κ1) is 14.6. The van der Waals surface area contributed by atoms with E-state index in [1.165, 1.54) is 12.1 Å². The molecule has 1 N–H and O–H groups in total. The first-order valence-corrected chi connectivity index (χ1v) is 7.79. The molecule has 0 saturated heterocycles. The van der Waals surface area contributed by atoms with E-state index in [-0.39, 0.29) is 11.9 Å². The van der Waals surface area contributed by atoms with Crippen LogP contribution < -0.4 is 0 Å². The van der Waals surface area contributed by atoms with Crippen molar-refractivity contribution in [3.63, 3.8) is 0 Å². The fourth-order valence-electron chi connectivity index (χ4n) is 2.84. The Balaban J connectivity index is 1.95. The van der Waals surface area contributed by atoms with E-state index in [0.717, 1.165) is 22.5 Å². The van der Waals surface area contributed by atoms with Crippen molar-refractivity contribution in [2.45, 2.75) is 26.8 Å². The summed E-state index contributed by atoms with van der Waals surface area (Å²) in [5.74, 6) is 0.286. The average Bonchev–Trinajstić information content (AvgIpc) is 3.25. The molecule has 0 amide bonds. The van der Waals surface area contributed by atoms with E-state index in [0.29, 0.717) is 11.4 Å². The number of H-pyrrole nitrogens is 1. The number of aromatic nitrogens is 6. The van der Waals surface area contributed by atoms with Gasteiger partial charge < -0.3 is 4.98 Å². The highest BCUT2D eigenvalue weighted by molar-refractivity contribution is 5.81. The van der Waals surface area contributed by atoms with Crippen molar-refractivity contribution in [3.05, 3.63) is 48.2 Å². The van der Waals surface area contributed by atoms with Crippen LogP contribution in [-0.4, -0.2) is 29.5 Å². The molecular formula is C17H17FN6. The van der Waals surface area contributed by atoms with Gasteiger partial charge in [-0.1, -0.05) is 0 Å². The molecule has 3 aromatic heterocycles. The molecule has 6 nitrogen and oxygen atoms in total. The molecule has 0 spiro atoms. The number of nitrogens with one attached hydrogen (secondary N) is 1. The van der Waals surface area contributed by atoms with E-state index in [2.05, 4.69) is 34.0 Å². The molecule has 0 aliphatic rings. The number of benzene rings is 1. The van der Waals surface area contributed by atoms with Crippen LogP contribution in [0, 0.1) is 12.7 Å². The van der Waals surface area contributed by atoms with Crippen LogP contribution in [0.4, 0.5) is 4.39 Å². The average molecular weight is 324 g/mol. The van der Waals surface area contributed by atoms with Crippen LogP contribution in [0.25, 0.3) is 28.2 Å². The number of hydrogen-bond acceptors (Lipinski definition) is 3. The number of aromatic amines is 1. The molecule has 7 heteroatoms. The molecule has 0 fully saturated rings. The Morgan fingerprint density at radius 3 is 2.79 bits per heavy atom. The first-order valence-electron chi connectivity index (χ1n) is 7.79. The summed E-state index contributed by atoms with van der Waals surface area (Å²) < 4.78 is 17.4. The highest BCUT2D eigenvalue weighted by atomic mass is 19.1. The molecule has 3 heterocycles. The summed E-state index contributed by atoms with van der Waals surface area (Å²) in [7, 11) is 0. The van der Waals surface area contributed by atoms with Crippen molar-refractivity contribution in [1.82, 2.24) is 29.5 Å². The van der Waals surface area contributed by atoms with Crippen molar-refractivity contribution in [2.75, 3.05) is 0 Å². The minimum atomic E-state index is -0.316. The van der Waals surface area contributed by atoms with E-state index in [1.54, 1.807) is 16.9 Å². The van der Waals surface area contributed by atoms with Crippen LogP contribution in [0.2, 0.25) is 0 Å². The van der Waals surface area contributed by atoms with Gasteiger partial charge in [0.2, 0.25) is 0 Å². The van der Waals surface area contributed by atoms with E-state index >= 15 is 0 Å². The third kappa shape index (κ3) is 2.20. The van der Waals surface area contributed by atoms with Crippen LogP contribution in [0.15, 0.2) is 36.7 Å². The third-order valence-electron chi connectivity index (χ3n) is 3.98. The SMILES string of the molecule is Cc1nn(C(C)C)c2nc(-c3cc(F)ccc3-n3cccn3)[nH]c12. The predicted molar refractivity (Wildman–Crippen MR) is 89.5 cm³/mol. The molecule has 122 valence electrons. The van der Waals surface area contributed by atoms with Gasteiger partial charge in [-0.3, -0.25) is 0 Å². The molecule has 1 aromatic carbocycles. The Morgan fingerprint density at radius 1 is 1.25 bits per heavy atom. The second-order valence-corrected chi connectivity index (χ2v) is 6.02. The zero-order valence-corrected chi connectivity index (χ0v) is 13.7. The van der Waals surface area contributed by atoms with Gasteiger partial charge in [-0.05, 0) is 45.0 Å². The lowest BCUT2D eigenvalue weighted by Gasteiger charge is -2.08. The lowest BCUT2D eigenvalue weighted by atomic mass is 10.1. The van der Waals surface area contributed by atoms with Gasteiger partial charge in [0, 0.05) is 24.0 Å². The first-order chi connectivity index (χ1) is 11.5. The highest BCUT2D eigenvalue weighted by Crippen LogP contribution is 2.29. The normalized spacial score (nSPS) is 11.7. The van der Waals surface area contributed by atoms with Gasteiger partial charge in [0.1, 0.15) is 17.2 Å². The molecular weight excluding hydrogens is 307 g/mol. The standard InChI is InChI=1S/C17H17FN6/c1-10(2)24-17-15(11(3)22-24)20-16(21-17)13-9-12(18)5-6-14(13)23-8-4-7-19-23/h4-10H,1-3H3,(H,20,21). The molecule has 0 atom stereocenters. The van der Waals surface area contributed by atoms with Gasteiger partial charge in [0.25, 0.3) is 0 Å². The van der Waals surface area contributed by atoms with Crippen molar-refractivity contribution in [3.8, 4) is 17.1 Å². The largest absolute Gasteiger partial charge is 0.335 e. The lowest BCUT2D eigenvalue weighted by molar-refractivity contribution is 0.543. The number of nitrogens with zero attached hydrogens (tertiary/aromatic N) is 5. The predicted octanol–water partition coefficient (Wildman–Crippen LogP) is 3.64. The van der Waals surface area contributed by atoms with Gasteiger partial charge in [-0.25, -0.2) is 18.7 Å². The zero-order valence-electron chi connectivity index (χ0n) is 13.7. The van der Waals surface area contributed by atoms with Crippen LogP contribution in [-0.2, 0) is 0 Å². The molecule has 4 rings (SSSR count). The molecule has 0 radical (unpaired) electrons. The number of halogens is 1. The highest BCUT2D eigenvalue weighted by Gasteiger charge is 2.18. The van der Waals surface area contributed by atoms with Crippen molar-refractivity contribution in [2.24, 2.45) is 0 Å². The van der Waals surface area contributed by atoms with Gasteiger partial charge in [0.15, 0.2) is 5.65 Å². The summed E-state index contributed by atoms with van der Waals surface area (Å²) in [6, 6.07) is 6.61. The van der Waals surface area contributed by atoms with Crippen molar-refractivity contribution < 1.29 is 4.39 Å². The fourth-order valence-corrected chi connectivity index (χ4v) is 2.84. The number of hydrogen-bond donors (Lipinski definition) is 1. The molecule has 0 unspecified atom stereocenters. The monoisotopic (exact) mass is 324 g/mol. The van der Waals surface area contributed by atoms with Crippen molar-refractivity contribution >= 4 is 11.2 Å². The minimum Gasteiger partial charge on any atom is -0.335 e. The van der Waals surface area contributed by atoms with Crippen LogP contribution in [0.1, 0.15) is 25.6 Å². The summed E-state index contributed by atoms with van der Waals surface area (Å²) >= 11 is 0. The molecule has 0 aliphatic heterocycles. The number of aryl methyl sites for hydroxylation is 1.